The Balaban J connectivity index is 2.03. The van der Waals surface area contributed by atoms with Crippen molar-refractivity contribution in [3.63, 3.8) is 0 Å². The molecule has 2 unspecified atom stereocenters. The molecule has 1 aliphatic carbocycles. The van der Waals surface area contributed by atoms with E-state index in [0.717, 1.165) is 0 Å². The van der Waals surface area contributed by atoms with Gasteiger partial charge >= 0.3 is 6.09 Å². The minimum atomic E-state index is -2.74. The van der Waals surface area contributed by atoms with Crippen LogP contribution >= 0.6 is 0 Å². The number of nitrogens with zero attached hydrogens (tertiary/aromatic N) is 1. The number of piperidine rings is 1. The molecule has 0 N–H and O–H groups in total. The summed E-state index contributed by atoms with van der Waals surface area (Å²) in [6.07, 6.45) is 0.397. The van der Waals surface area contributed by atoms with Gasteiger partial charge in [-0.3, -0.25) is 4.90 Å². The molecule has 5 heteroatoms. The Bertz CT molecular complexity index is 330. The second kappa shape index (κ2) is 3.82. The number of halogens is 2. The molecule has 1 heterocycles. The van der Waals surface area contributed by atoms with E-state index < -0.39 is 23.7 Å². The molecule has 3 nitrogen and oxygen atoms in total. The molecule has 0 aromatic rings. The van der Waals surface area contributed by atoms with Crippen molar-refractivity contribution in [1.29, 1.82) is 0 Å². The van der Waals surface area contributed by atoms with Gasteiger partial charge in [0.15, 0.2) is 0 Å². The molecular weight excluding hydrogens is 228 g/mol. The zero-order valence-corrected chi connectivity index (χ0v) is 10.5. The van der Waals surface area contributed by atoms with Gasteiger partial charge in [-0.2, -0.15) is 0 Å². The lowest BCUT2D eigenvalue weighted by molar-refractivity contribution is -0.0818. The van der Waals surface area contributed by atoms with Gasteiger partial charge in [0.05, 0.1) is 6.04 Å². The fourth-order valence-corrected chi connectivity index (χ4v) is 2.56. The lowest BCUT2D eigenvalue weighted by Crippen LogP contribution is -2.50. The highest BCUT2D eigenvalue weighted by molar-refractivity contribution is 5.69. The fraction of sp³-hybridized carbons (Fsp3) is 0.917. The van der Waals surface area contributed by atoms with Gasteiger partial charge in [-0.15, -0.1) is 0 Å². The lowest BCUT2D eigenvalue weighted by atomic mass is 10.1. The van der Waals surface area contributed by atoms with E-state index in [1.54, 1.807) is 13.8 Å². The minimum absolute atomic E-state index is 0.0627. The van der Waals surface area contributed by atoms with E-state index >= 15 is 0 Å². The number of carbonyl (C=O) groups excluding carboxylic acids is 1. The Morgan fingerprint density at radius 3 is 2.65 bits per heavy atom. The van der Waals surface area contributed by atoms with Crippen LogP contribution in [0.2, 0.25) is 0 Å². The Labute approximate surface area is 100 Å². The third-order valence-corrected chi connectivity index (χ3v) is 3.89. The first-order valence-electron chi connectivity index (χ1n) is 6.12. The molecule has 0 spiro atoms. The van der Waals surface area contributed by atoms with Gasteiger partial charge in [-0.1, -0.05) is 6.92 Å². The van der Waals surface area contributed by atoms with E-state index in [1.807, 2.05) is 6.92 Å². The normalized spacial score (nSPS) is 30.8. The van der Waals surface area contributed by atoms with E-state index in [1.165, 1.54) is 4.90 Å². The third-order valence-electron chi connectivity index (χ3n) is 3.89. The fourth-order valence-electron chi connectivity index (χ4n) is 2.56. The molecular formula is C12H19F2NO2. The lowest BCUT2D eigenvalue weighted by Gasteiger charge is -2.34. The maximum atomic E-state index is 13.5. The predicted molar refractivity (Wildman–Crippen MR) is 59.0 cm³/mol. The van der Waals surface area contributed by atoms with E-state index in [9.17, 15) is 13.6 Å². The molecule has 2 atom stereocenters. The van der Waals surface area contributed by atoms with Gasteiger partial charge in [0.25, 0.3) is 5.92 Å². The summed E-state index contributed by atoms with van der Waals surface area (Å²) in [5.41, 5.74) is -0.589. The van der Waals surface area contributed by atoms with Gasteiger partial charge in [0.1, 0.15) is 5.60 Å². The average Bonchev–Trinajstić information content (AvgIpc) is 2.72. The van der Waals surface area contributed by atoms with Crippen LogP contribution in [0.3, 0.4) is 0 Å². The van der Waals surface area contributed by atoms with Gasteiger partial charge in [0.2, 0.25) is 0 Å². The van der Waals surface area contributed by atoms with Crippen molar-refractivity contribution in [2.45, 2.75) is 57.6 Å². The molecule has 1 aliphatic heterocycles. The summed E-state index contributed by atoms with van der Waals surface area (Å²) in [5, 5.41) is 0. The summed E-state index contributed by atoms with van der Waals surface area (Å²) in [5.74, 6) is -2.80. The summed E-state index contributed by atoms with van der Waals surface area (Å²) in [7, 11) is 0. The summed E-state index contributed by atoms with van der Waals surface area (Å²) < 4.78 is 32.3. The van der Waals surface area contributed by atoms with E-state index in [4.69, 9.17) is 4.74 Å². The SMILES string of the molecule is CCC(C)(C)OC(=O)N1CC2CC1C(F)(F)C2. The van der Waals surface area contributed by atoms with Gasteiger partial charge in [-0.05, 0) is 32.6 Å². The molecule has 17 heavy (non-hydrogen) atoms. The largest absolute Gasteiger partial charge is 0.443 e. The number of likely N-dealkylation sites (tertiary alicyclic amines) is 1. The summed E-state index contributed by atoms with van der Waals surface area (Å²) >= 11 is 0. The van der Waals surface area contributed by atoms with E-state index in [0.29, 0.717) is 19.4 Å². The van der Waals surface area contributed by atoms with Gasteiger partial charge in [-0.25, -0.2) is 13.6 Å². The maximum Gasteiger partial charge on any atom is 0.410 e. The number of fused-ring (bicyclic) bond motifs is 2. The second-order valence-electron chi connectivity index (χ2n) is 5.72. The van der Waals surface area contributed by atoms with Crippen LogP contribution in [0.5, 0.6) is 0 Å². The summed E-state index contributed by atoms with van der Waals surface area (Å²) in [6.45, 7) is 5.89. The van der Waals surface area contributed by atoms with E-state index in [2.05, 4.69) is 0 Å². The second-order valence-corrected chi connectivity index (χ2v) is 5.72. The number of alkyl halides is 2. The minimum Gasteiger partial charge on any atom is -0.443 e. The number of carbonyl (C=O) groups is 1. The third kappa shape index (κ3) is 2.24. The highest BCUT2D eigenvalue weighted by Gasteiger charge is 2.58. The van der Waals surface area contributed by atoms with Crippen molar-refractivity contribution in [1.82, 2.24) is 4.90 Å². The quantitative estimate of drug-likeness (QED) is 0.750. The van der Waals surface area contributed by atoms with E-state index in [-0.39, 0.29) is 12.3 Å². The Morgan fingerprint density at radius 2 is 2.18 bits per heavy atom. The standard InChI is InChI=1S/C12H19F2NO2/c1-4-11(2,3)17-10(16)15-7-8-5-9(15)12(13,14)6-8/h8-9H,4-7H2,1-3H3. The van der Waals surface area contributed by atoms with Crippen molar-refractivity contribution in [3.05, 3.63) is 0 Å². The van der Waals surface area contributed by atoms with Crippen LogP contribution in [0.15, 0.2) is 0 Å². The average molecular weight is 247 g/mol. The van der Waals surface area contributed by atoms with Crippen LogP contribution in [0.1, 0.15) is 40.0 Å². The Hall–Kier alpha value is -0.870. The summed E-state index contributed by atoms with van der Waals surface area (Å²) in [4.78, 5) is 13.1. The van der Waals surface area contributed by atoms with Crippen LogP contribution in [-0.2, 0) is 4.74 Å². The van der Waals surface area contributed by atoms with Gasteiger partial charge in [0, 0.05) is 13.0 Å². The molecule has 2 rings (SSSR count). The number of amides is 1. The van der Waals surface area contributed by atoms with Gasteiger partial charge < -0.3 is 4.74 Å². The van der Waals surface area contributed by atoms with Crippen molar-refractivity contribution >= 4 is 6.09 Å². The number of hydrogen-bond acceptors (Lipinski definition) is 2. The van der Waals surface area contributed by atoms with Crippen LogP contribution in [0.4, 0.5) is 13.6 Å². The van der Waals surface area contributed by atoms with Crippen molar-refractivity contribution < 1.29 is 18.3 Å². The first-order valence-corrected chi connectivity index (χ1v) is 6.12. The van der Waals surface area contributed by atoms with Crippen molar-refractivity contribution in [2.75, 3.05) is 6.54 Å². The number of hydrogen-bond donors (Lipinski definition) is 0. The zero-order chi connectivity index (χ0) is 12.8. The molecule has 2 fully saturated rings. The van der Waals surface area contributed by atoms with Crippen LogP contribution < -0.4 is 0 Å². The Kier molecular flexibility index (Phi) is 2.83. The van der Waals surface area contributed by atoms with Crippen LogP contribution in [0, 0.1) is 5.92 Å². The van der Waals surface area contributed by atoms with Crippen LogP contribution in [0.25, 0.3) is 0 Å². The highest BCUT2D eigenvalue weighted by Crippen LogP contribution is 2.48. The molecule has 98 valence electrons. The molecule has 0 aromatic heterocycles. The molecule has 2 aliphatic rings. The molecule has 2 bridgehead atoms. The first kappa shape index (κ1) is 12.6. The molecule has 0 aromatic carbocycles. The first-order chi connectivity index (χ1) is 7.75. The predicted octanol–water partition coefficient (Wildman–Crippen LogP) is 3.04. The monoisotopic (exact) mass is 247 g/mol. The molecule has 1 saturated carbocycles. The molecule has 1 saturated heterocycles. The summed E-state index contributed by atoms with van der Waals surface area (Å²) in [6, 6.07) is -0.951. The van der Waals surface area contributed by atoms with Crippen LogP contribution in [-0.4, -0.2) is 35.1 Å². The number of ether oxygens (including phenoxy) is 1. The smallest absolute Gasteiger partial charge is 0.410 e. The molecule has 0 radical (unpaired) electrons. The Morgan fingerprint density at radius 1 is 1.53 bits per heavy atom. The zero-order valence-electron chi connectivity index (χ0n) is 10.5. The number of rotatable bonds is 2. The maximum absolute atomic E-state index is 13.5. The topological polar surface area (TPSA) is 29.5 Å². The van der Waals surface area contributed by atoms with Crippen molar-refractivity contribution in [3.8, 4) is 0 Å². The highest BCUT2D eigenvalue weighted by atomic mass is 19.3. The van der Waals surface area contributed by atoms with Crippen molar-refractivity contribution in [2.24, 2.45) is 5.92 Å². The molecule has 1 amide bonds.